The lowest BCUT2D eigenvalue weighted by Crippen LogP contribution is -2.41. The normalized spacial score (nSPS) is 26.9. The van der Waals surface area contributed by atoms with Gasteiger partial charge in [0.15, 0.2) is 0 Å². The Morgan fingerprint density at radius 3 is 2.60 bits per heavy atom. The summed E-state index contributed by atoms with van der Waals surface area (Å²) in [4.78, 5) is 14.7. The van der Waals surface area contributed by atoms with Crippen LogP contribution in [0.3, 0.4) is 0 Å². The fourth-order valence-electron chi connectivity index (χ4n) is 3.25. The van der Waals surface area contributed by atoms with Gasteiger partial charge in [0.05, 0.1) is 12.2 Å². The molecule has 20 heavy (non-hydrogen) atoms. The number of amides is 1. The third-order valence-corrected chi connectivity index (χ3v) is 4.70. The zero-order valence-electron chi connectivity index (χ0n) is 12.2. The van der Waals surface area contributed by atoms with Crippen molar-refractivity contribution in [3.63, 3.8) is 0 Å². The summed E-state index contributed by atoms with van der Waals surface area (Å²) in [5.41, 5.74) is 1.23. The minimum atomic E-state index is -0.0394. The average molecular weight is 272 g/mol. The summed E-state index contributed by atoms with van der Waals surface area (Å²) >= 11 is 0. The largest absolute Gasteiger partial charge is 0.326 e. The van der Waals surface area contributed by atoms with Crippen molar-refractivity contribution >= 4 is 5.91 Å². The van der Waals surface area contributed by atoms with Gasteiger partial charge in [0.2, 0.25) is 5.91 Å². The smallest absolute Gasteiger partial charge is 0.241 e. The Morgan fingerprint density at radius 2 is 2.00 bits per heavy atom. The van der Waals surface area contributed by atoms with Crippen molar-refractivity contribution in [2.24, 2.45) is 5.92 Å². The van der Waals surface area contributed by atoms with Gasteiger partial charge in [0.25, 0.3) is 0 Å². The van der Waals surface area contributed by atoms with Gasteiger partial charge in [-0.1, -0.05) is 43.7 Å². The molecule has 2 fully saturated rings. The molecule has 1 aromatic rings. The number of carbonyl (C=O) groups excluding carboxylic acids is 1. The average Bonchev–Trinajstić information content (AvgIpc) is 2.72. The number of carbonyl (C=O) groups is 1. The molecule has 2 unspecified atom stereocenters. The van der Waals surface area contributed by atoms with E-state index in [0.717, 1.165) is 25.3 Å². The topological polar surface area (TPSA) is 32.3 Å². The van der Waals surface area contributed by atoms with Crippen LogP contribution in [0.25, 0.3) is 0 Å². The van der Waals surface area contributed by atoms with Gasteiger partial charge in [-0.25, -0.2) is 0 Å². The lowest BCUT2D eigenvalue weighted by molar-refractivity contribution is -0.131. The van der Waals surface area contributed by atoms with Crippen molar-refractivity contribution in [3.8, 4) is 0 Å². The predicted octanol–water partition coefficient (Wildman–Crippen LogP) is 2.57. The van der Waals surface area contributed by atoms with Gasteiger partial charge in [0.1, 0.15) is 0 Å². The van der Waals surface area contributed by atoms with Gasteiger partial charge in [-0.2, -0.15) is 0 Å². The van der Waals surface area contributed by atoms with E-state index in [1.54, 1.807) is 0 Å². The first-order chi connectivity index (χ1) is 9.78. The highest BCUT2D eigenvalue weighted by Crippen LogP contribution is 2.29. The molecule has 1 saturated heterocycles. The van der Waals surface area contributed by atoms with Crippen molar-refractivity contribution in [2.45, 2.75) is 51.2 Å². The zero-order chi connectivity index (χ0) is 13.9. The molecule has 0 radical (unpaired) electrons. The molecular weight excluding hydrogens is 248 g/mol. The van der Waals surface area contributed by atoms with Crippen LogP contribution in [-0.4, -0.2) is 29.6 Å². The molecule has 1 N–H and O–H groups in total. The summed E-state index contributed by atoms with van der Waals surface area (Å²) in [6, 6.07) is 10.3. The lowest BCUT2D eigenvalue weighted by atomic mass is 9.85. The summed E-state index contributed by atoms with van der Waals surface area (Å²) in [5.74, 6) is 1.04. The number of hydrogen-bond acceptors (Lipinski definition) is 2. The molecule has 2 aliphatic rings. The van der Waals surface area contributed by atoms with Crippen LogP contribution in [0.2, 0.25) is 0 Å². The van der Waals surface area contributed by atoms with Gasteiger partial charge in [-0.15, -0.1) is 0 Å². The summed E-state index contributed by atoms with van der Waals surface area (Å²) in [7, 11) is 0. The molecule has 3 nitrogen and oxygen atoms in total. The number of benzene rings is 1. The summed E-state index contributed by atoms with van der Waals surface area (Å²) in [5, 5.41) is 3.52. The highest BCUT2D eigenvalue weighted by atomic mass is 16.2. The number of rotatable bonds is 5. The molecule has 3 rings (SSSR count). The van der Waals surface area contributed by atoms with E-state index >= 15 is 0 Å². The predicted molar refractivity (Wildman–Crippen MR) is 80.2 cm³/mol. The zero-order valence-corrected chi connectivity index (χ0v) is 12.2. The minimum Gasteiger partial charge on any atom is -0.326 e. The Labute approximate surface area is 121 Å². The number of nitrogens with zero attached hydrogens (tertiary/aromatic N) is 1. The van der Waals surface area contributed by atoms with E-state index in [1.165, 1.54) is 24.8 Å². The van der Waals surface area contributed by atoms with Crippen LogP contribution in [0.5, 0.6) is 0 Å². The number of nitrogens with one attached hydrogen (secondary N) is 1. The SMILES string of the molecule is CCC1NC(Cc2ccccc2)C(=O)N1CC1CCC1. The Bertz CT molecular complexity index is 455. The fraction of sp³-hybridized carbons (Fsp3) is 0.588. The van der Waals surface area contributed by atoms with Crippen LogP contribution in [-0.2, 0) is 11.2 Å². The molecule has 1 amide bonds. The van der Waals surface area contributed by atoms with E-state index in [2.05, 4.69) is 29.3 Å². The third kappa shape index (κ3) is 2.73. The Morgan fingerprint density at radius 1 is 1.25 bits per heavy atom. The van der Waals surface area contributed by atoms with Crippen LogP contribution in [0, 0.1) is 5.92 Å². The van der Waals surface area contributed by atoms with Crippen LogP contribution >= 0.6 is 0 Å². The Balaban J connectivity index is 1.65. The second-order valence-corrected chi connectivity index (χ2v) is 6.12. The highest BCUT2D eigenvalue weighted by molar-refractivity contribution is 5.84. The highest BCUT2D eigenvalue weighted by Gasteiger charge is 2.39. The Hall–Kier alpha value is -1.35. The van der Waals surface area contributed by atoms with E-state index < -0.39 is 0 Å². The molecule has 0 spiro atoms. The first-order valence-electron chi connectivity index (χ1n) is 7.88. The third-order valence-electron chi connectivity index (χ3n) is 4.70. The van der Waals surface area contributed by atoms with Crippen molar-refractivity contribution in [3.05, 3.63) is 35.9 Å². The lowest BCUT2D eigenvalue weighted by Gasteiger charge is -2.32. The molecule has 1 aliphatic heterocycles. The molecule has 1 aromatic carbocycles. The van der Waals surface area contributed by atoms with E-state index in [0.29, 0.717) is 5.91 Å². The minimum absolute atomic E-state index is 0.0394. The van der Waals surface area contributed by atoms with Gasteiger partial charge in [-0.05, 0) is 37.2 Å². The Kier molecular flexibility index (Phi) is 4.06. The van der Waals surface area contributed by atoms with Gasteiger partial charge in [-0.3, -0.25) is 10.1 Å². The molecule has 3 heteroatoms. The summed E-state index contributed by atoms with van der Waals surface area (Å²) < 4.78 is 0. The fourth-order valence-corrected chi connectivity index (χ4v) is 3.25. The molecule has 108 valence electrons. The van der Waals surface area contributed by atoms with Crippen molar-refractivity contribution in [1.29, 1.82) is 0 Å². The first-order valence-corrected chi connectivity index (χ1v) is 7.88. The van der Waals surface area contributed by atoms with E-state index in [1.807, 2.05) is 18.2 Å². The van der Waals surface area contributed by atoms with Crippen LogP contribution in [0.1, 0.15) is 38.2 Å². The van der Waals surface area contributed by atoms with E-state index in [4.69, 9.17) is 0 Å². The molecular formula is C17H24N2O. The molecule has 1 heterocycles. The summed E-state index contributed by atoms with van der Waals surface area (Å²) in [6.45, 7) is 3.11. The monoisotopic (exact) mass is 272 g/mol. The number of hydrogen-bond donors (Lipinski definition) is 1. The molecule has 1 aliphatic carbocycles. The van der Waals surface area contributed by atoms with Crippen molar-refractivity contribution < 1.29 is 4.79 Å². The maximum Gasteiger partial charge on any atom is 0.241 e. The van der Waals surface area contributed by atoms with Gasteiger partial charge >= 0.3 is 0 Å². The van der Waals surface area contributed by atoms with Gasteiger partial charge in [0, 0.05) is 6.54 Å². The van der Waals surface area contributed by atoms with Crippen LogP contribution in [0.4, 0.5) is 0 Å². The van der Waals surface area contributed by atoms with Crippen molar-refractivity contribution in [2.75, 3.05) is 6.54 Å². The molecule has 1 saturated carbocycles. The van der Waals surface area contributed by atoms with Crippen LogP contribution < -0.4 is 5.32 Å². The summed E-state index contributed by atoms with van der Waals surface area (Å²) in [6.07, 6.45) is 5.95. The first kappa shape index (κ1) is 13.6. The van der Waals surface area contributed by atoms with E-state index in [9.17, 15) is 4.79 Å². The molecule has 0 aromatic heterocycles. The van der Waals surface area contributed by atoms with Gasteiger partial charge < -0.3 is 4.90 Å². The van der Waals surface area contributed by atoms with Crippen molar-refractivity contribution in [1.82, 2.24) is 10.2 Å². The second-order valence-electron chi connectivity index (χ2n) is 6.12. The van der Waals surface area contributed by atoms with Crippen LogP contribution in [0.15, 0.2) is 30.3 Å². The maximum absolute atomic E-state index is 12.6. The standard InChI is InChI=1S/C17H24N2O/c1-2-16-18-15(11-13-7-4-3-5-8-13)17(20)19(16)12-14-9-6-10-14/h3-5,7-8,14-16,18H,2,6,9-12H2,1H3. The maximum atomic E-state index is 12.6. The molecule has 2 atom stereocenters. The quantitative estimate of drug-likeness (QED) is 0.893. The van der Waals surface area contributed by atoms with E-state index in [-0.39, 0.29) is 12.2 Å². The second kappa shape index (κ2) is 5.96. The molecule has 0 bridgehead atoms.